The minimum absolute atomic E-state index is 0.0687. The van der Waals surface area contributed by atoms with Crippen molar-refractivity contribution in [1.29, 1.82) is 0 Å². The highest BCUT2D eigenvalue weighted by molar-refractivity contribution is 8.00. The second-order valence-electron chi connectivity index (χ2n) is 5.71. The fraction of sp³-hybridized carbons (Fsp3) is 0.263. The molecule has 4 heteroatoms. The molecule has 3 rings (SSSR count). The standard InChI is InChI=1S/C19H20N2OS/c1-14-8-9-17(12-15(14)2)23-13-19(22)21-11-10-18(20-21)16-6-4-3-5-7-16/h3-9,12H,10-11,13H2,1-2H3. The number of rotatable bonds is 4. The highest BCUT2D eigenvalue weighted by Gasteiger charge is 2.21. The maximum atomic E-state index is 12.3. The van der Waals surface area contributed by atoms with Crippen molar-refractivity contribution in [3.63, 3.8) is 0 Å². The zero-order chi connectivity index (χ0) is 16.2. The first kappa shape index (κ1) is 15.8. The van der Waals surface area contributed by atoms with E-state index in [1.165, 1.54) is 11.1 Å². The molecule has 0 atom stereocenters. The molecule has 1 heterocycles. The van der Waals surface area contributed by atoms with Crippen LogP contribution in [0.5, 0.6) is 0 Å². The Balaban J connectivity index is 1.61. The van der Waals surface area contributed by atoms with Crippen LogP contribution in [0.25, 0.3) is 0 Å². The van der Waals surface area contributed by atoms with Gasteiger partial charge in [0.15, 0.2) is 0 Å². The molecule has 0 spiro atoms. The molecule has 118 valence electrons. The summed E-state index contributed by atoms with van der Waals surface area (Å²) in [6, 6.07) is 16.4. The molecule has 0 radical (unpaired) electrons. The summed E-state index contributed by atoms with van der Waals surface area (Å²) >= 11 is 1.57. The third-order valence-corrected chi connectivity index (χ3v) is 5.02. The van der Waals surface area contributed by atoms with Gasteiger partial charge < -0.3 is 0 Å². The van der Waals surface area contributed by atoms with E-state index in [4.69, 9.17) is 0 Å². The molecule has 2 aromatic carbocycles. The van der Waals surface area contributed by atoms with Crippen LogP contribution in [0.1, 0.15) is 23.1 Å². The monoisotopic (exact) mass is 324 g/mol. The average molecular weight is 324 g/mol. The second-order valence-corrected chi connectivity index (χ2v) is 6.76. The average Bonchev–Trinajstić information content (AvgIpc) is 3.06. The van der Waals surface area contributed by atoms with E-state index in [9.17, 15) is 4.79 Å². The lowest BCUT2D eigenvalue weighted by Gasteiger charge is -2.11. The number of hydrogen-bond acceptors (Lipinski definition) is 3. The molecular weight excluding hydrogens is 304 g/mol. The Morgan fingerprint density at radius 3 is 2.65 bits per heavy atom. The van der Waals surface area contributed by atoms with Gasteiger partial charge in [-0.25, -0.2) is 5.01 Å². The number of carbonyl (C=O) groups excluding carboxylic acids is 1. The minimum Gasteiger partial charge on any atom is -0.272 e. The third-order valence-electron chi connectivity index (χ3n) is 4.04. The first-order chi connectivity index (χ1) is 11.1. The highest BCUT2D eigenvalue weighted by atomic mass is 32.2. The number of carbonyl (C=O) groups is 1. The molecule has 2 aromatic rings. The van der Waals surface area contributed by atoms with Gasteiger partial charge in [0.2, 0.25) is 0 Å². The van der Waals surface area contributed by atoms with Crippen LogP contribution >= 0.6 is 11.8 Å². The van der Waals surface area contributed by atoms with E-state index in [1.54, 1.807) is 16.8 Å². The summed E-state index contributed by atoms with van der Waals surface area (Å²) in [5.74, 6) is 0.493. The molecular formula is C19H20N2OS. The zero-order valence-electron chi connectivity index (χ0n) is 13.5. The van der Waals surface area contributed by atoms with E-state index in [1.807, 2.05) is 30.3 Å². The van der Waals surface area contributed by atoms with E-state index in [2.05, 4.69) is 37.1 Å². The smallest absolute Gasteiger partial charge is 0.253 e. The van der Waals surface area contributed by atoms with E-state index < -0.39 is 0 Å². The third kappa shape index (κ3) is 3.82. The van der Waals surface area contributed by atoms with Crippen LogP contribution in [0.15, 0.2) is 58.5 Å². The lowest BCUT2D eigenvalue weighted by molar-refractivity contribution is -0.127. The summed E-state index contributed by atoms with van der Waals surface area (Å²) < 4.78 is 0. The first-order valence-electron chi connectivity index (χ1n) is 7.77. The lowest BCUT2D eigenvalue weighted by Crippen LogP contribution is -2.25. The van der Waals surface area contributed by atoms with Crippen molar-refractivity contribution in [3.8, 4) is 0 Å². The molecule has 0 aromatic heterocycles. The predicted molar refractivity (Wildman–Crippen MR) is 95.9 cm³/mol. The zero-order valence-corrected chi connectivity index (χ0v) is 14.3. The molecule has 3 nitrogen and oxygen atoms in total. The fourth-order valence-electron chi connectivity index (χ4n) is 2.49. The maximum Gasteiger partial charge on any atom is 0.253 e. The van der Waals surface area contributed by atoms with Crippen LogP contribution < -0.4 is 0 Å². The SMILES string of the molecule is Cc1ccc(SCC(=O)N2CCC(c3ccccc3)=N2)cc1C. The van der Waals surface area contributed by atoms with Crippen LogP contribution in [0.3, 0.4) is 0 Å². The molecule has 1 amide bonds. The summed E-state index contributed by atoms with van der Waals surface area (Å²) in [6.07, 6.45) is 0.823. The van der Waals surface area contributed by atoms with Gasteiger partial charge in [0.25, 0.3) is 5.91 Å². The van der Waals surface area contributed by atoms with Crippen molar-refractivity contribution >= 4 is 23.4 Å². The van der Waals surface area contributed by atoms with Crippen LogP contribution in [0, 0.1) is 13.8 Å². The molecule has 1 aliphatic rings. The largest absolute Gasteiger partial charge is 0.272 e. The highest BCUT2D eigenvalue weighted by Crippen LogP contribution is 2.22. The second kappa shape index (κ2) is 7.01. The Labute approximate surface area is 141 Å². The lowest BCUT2D eigenvalue weighted by atomic mass is 10.1. The molecule has 0 aliphatic carbocycles. The Hall–Kier alpha value is -2.07. The van der Waals surface area contributed by atoms with Crippen molar-refractivity contribution in [2.75, 3.05) is 12.3 Å². The van der Waals surface area contributed by atoms with Crippen molar-refractivity contribution in [2.45, 2.75) is 25.2 Å². The maximum absolute atomic E-state index is 12.3. The van der Waals surface area contributed by atoms with Crippen LogP contribution in [-0.2, 0) is 4.79 Å². The molecule has 0 saturated carbocycles. The van der Waals surface area contributed by atoms with Gasteiger partial charge in [-0.1, -0.05) is 36.4 Å². The number of benzene rings is 2. The predicted octanol–water partition coefficient (Wildman–Crippen LogP) is 4.03. The summed E-state index contributed by atoms with van der Waals surface area (Å²) in [4.78, 5) is 13.5. The summed E-state index contributed by atoms with van der Waals surface area (Å²) in [5, 5.41) is 6.10. The Bertz CT molecular complexity index is 740. The quantitative estimate of drug-likeness (QED) is 0.795. The molecule has 0 bridgehead atoms. The number of aryl methyl sites for hydroxylation is 2. The Morgan fingerprint density at radius 2 is 1.91 bits per heavy atom. The minimum atomic E-state index is 0.0687. The van der Waals surface area contributed by atoms with E-state index >= 15 is 0 Å². The first-order valence-corrected chi connectivity index (χ1v) is 8.75. The molecule has 1 aliphatic heterocycles. The van der Waals surface area contributed by atoms with Gasteiger partial charge in [-0.15, -0.1) is 11.8 Å². The van der Waals surface area contributed by atoms with E-state index in [-0.39, 0.29) is 5.91 Å². The Kier molecular flexibility index (Phi) is 4.82. The van der Waals surface area contributed by atoms with Crippen LogP contribution in [0.2, 0.25) is 0 Å². The van der Waals surface area contributed by atoms with Gasteiger partial charge in [0.1, 0.15) is 0 Å². The number of hydrogen-bond donors (Lipinski definition) is 0. The number of nitrogens with zero attached hydrogens (tertiary/aromatic N) is 2. The van der Waals surface area contributed by atoms with E-state index in [0.29, 0.717) is 12.3 Å². The van der Waals surface area contributed by atoms with Crippen molar-refractivity contribution in [3.05, 3.63) is 65.2 Å². The van der Waals surface area contributed by atoms with Gasteiger partial charge in [-0.05, 0) is 42.7 Å². The topological polar surface area (TPSA) is 32.7 Å². The van der Waals surface area contributed by atoms with Crippen molar-refractivity contribution in [1.82, 2.24) is 5.01 Å². The molecule has 0 N–H and O–H groups in total. The van der Waals surface area contributed by atoms with Crippen LogP contribution in [0.4, 0.5) is 0 Å². The summed E-state index contributed by atoms with van der Waals surface area (Å²) in [7, 11) is 0. The molecule has 23 heavy (non-hydrogen) atoms. The van der Waals surface area contributed by atoms with Gasteiger partial charge in [0.05, 0.1) is 18.0 Å². The molecule has 0 saturated heterocycles. The molecule has 0 fully saturated rings. The van der Waals surface area contributed by atoms with Gasteiger partial charge in [-0.2, -0.15) is 5.10 Å². The number of amides is 1. The summed E-state index contributed by atoms with van der Waals surface area (Å²) in [5.41, 5.74) is 4.63. The Morgan fingerprint density at radius 1 is 1.13 bits per heavy atom. The molecule has 0 unspecified atom stereocenters. The van der Waals surface area contributed by atoms with Gasteiger partial charge in [-0.3, -0.25) is 4.79 Å². The van der Waals surface area contributed by atoms with Crippen molar-refractivity contribution < 1.29 is 4.79 Å². The number of hydrazone groups is 1. The summed E-state index contributed by atoms with van der Waals surface area (Å²) in [6.45, 7) is 4.87. The van der Waals surface area contributed by atoms with Crippen LogP contribution in [-0.4, -0.2) is 28.9 Å². The van der Waals surface area contributed by atoms with Gasteiger partial charge >= 0.3 is 0 Å². The number of thioether (sulfide) groups is 1. The fourth-order valence-corrected chi connectivity index (χ4v) is 3.36. The van der Waals surface area contributed by atoms with Gasteiger partial charge in [0, 0.05) is 11.3 Å². The van der Waals surface area contributed by atoms with E-state index in [0.717, 1.165) is 22.6 Å². The normalized spacial score (nSPS) is 14.0. The van der Waals surface area contributed by atoms with Crippen molar-refractivity contribution in [2.24, 2.45) is 5.10 Å².